The number of aromatic nitrogens is 2. The molecule has 9 heteroatoms. The van der Waals surface area contributed by atoms with Crippen molar-refractivity contribution in [2.45, 2.75) is 19.8 Å². The topological polar surface area (TPSA) is 59.4 Å². The van der Waals surface area contributed by atoms with Crippen LogP contribution in [0.2, 0.25) is 5.15 Å². The quantitative estimate of drug-likeness (QED) is 0.635. The van der Waals surface area contributed by atoms with Crippen LogP contribution >= 0.6 is 11.6 Å². The Morgan fingerprint density at radius 1 is 1.22 bits per heavy atom. The molecule has 0 amide bonds. The summed E-state index contributed by atoms with van der Waals surface area (Å²) in [7, 11) is 0. The van der Waals surface area contributed by atoms with Crippen LogP contribution in [0.15, 0.2) is 29.9 Å². The third-order valence-electron chi connectivity index (χ3n) is 4.62. The predicted octanol–water partition coefficient (Wildman–Crippen LogP) is 3.62. The van der Waals surface area contributed by atoms with E-state index in [0.29, 0.717) is 31.1 Å². The van der Waals surface area contributed by atoms with Gasteiger partial charge in [-0.3, -0.25) is 0 Å². The molecular weight excluding hydrogens is 379 g/mol. The van der Waals surface area contributed by atoms with Crippen molar-refractivity contribution >= 4 is 17.4 Å². The lowest BCUT2D eigenvalue weighted by atomic mass is 9.98. The largest absolute Gasteiger partial charge is 0.356 e. The second-order valence-corrected chi connectivity index (χ2v) is 6.85. The Kier molecular flexibility index (Phi) is 5.46. The van der Waals surface area contributed by atoms with Crippen LogP contribution in [-0.2, 0) is 0 Å². The molecule has 1 saturated heterocycles. The summed E-state index contributed by atoms with van der Waals surface area (Å²) < 4.78 is 43.5. The smallest absolute Gasteiger partial charge is 0.251 e. The summed E-state index contributed by atoms with van der Waals surface area (Å²) >= 11 is 6.28. The fourth-order valence-electron chi connectivity index (χ4n) is 3.20. The van der Waals surface area contributed by atoms with E-state index in [2.05, 4.69) is 23.5 Å². The molecule has 1 aromatic heterocycles. The van der Waals surface area contributed by atoms with Crippen molar-refractivity contribution in [3.05, 3.63) is 53.1 Å². The number of rotatable bonds is 3. The summed E-state index contributed by atoms with van der Waals surface area (Å²) in [5.41, 5.74) is -0.478. The van der Waals surface area contributed by atoms with Gasteiger partial charge in [-0.25, -0.2) is 22.8 Å². The van der Waals surface area contributed by atoms with Gasteiger partial charge in [0.25, 0.3) is 5.62 Å². The third kappa shape index (κ3) is 3.66. The molecule has 2 N–H and O–H groups in total. The lowest BCUT2D eigenvalue weighted by molar-refractivity contribution is 0.434. The maximum atomic E-state index is 14.5. The first kappa shape index (κ1) is 19.3. The summed E-state index contributed by atoms with van der Waals surface area (Å²) in [4.78, 5) is 9.87. The molecule has 0 bridgehead atoms. The molecule has 2 aromatic rings. The molecule has 1 aromatic carbocycles. The summed E-state index contributed by atoms with van der Waals surface area (Å²) in [6, 6.07) is 1.19. The minimum Gasteiger partial charge on any atom is -0.356 e. The molecular formula is C18H19ClF3N5. The van der Waals surface area contributed by atoms with Crippen LogP contribution in [0.4, 0.5) is 19.0 Å². The van der Waals surface area contributed by atoms with Gasteiger partial charge in [-0.15, -0.1) is 0 Å². The SMILES string of the molecule is C=C/N=c1/nc(Cl)c(-c2c(F)cc(F)cc2F)c(N2CCC(C)CC2)n1N. The molecule has 144 valence electrons. The highest BCUT2D eigenvalue weighted by molar-refractivity contribution is 6.32. The number of nitrogens with two attached hydrogens (primary N) is 1. The zero-order valence-corrected chi connectivity index (χ0v) is 15.5. The fourth-order valence-corrected chi connectivity index (χ4v) is 3.46. The first-order valence-electron chi connectivity index (χ1n) is 8.45. The highest BCUT2D eigenvalue weighted by Gasteiger charge is 2.28. The monoisotopic (exact) mass is 397 g/mol. The average molecular weight is 398 g/mol. The molecule has 0 spiro atoms. The van der Waals surface area contributed by atoms with Gasteiger partial charge in [0.05, 0.1) is 11.1 Å². The zero-order valence-electron chi connectivity index (χ0n) is 14.7. The maximum Gasteiger partial charge on any atom is 0.251 e. The Labute approximate surface area is 159 Å². The number of piperidine rings is 1. The van der Waals surface area contributed by atoms with Crippen molar-refractivity contribution in [1.29, 1.82) is 0 Å². The van der Waals surface area contributed by atoms with E-state index in [-0.39, 0.29) is 22.2 Å². The first-order valence-corrected chi connectivity index (χ1v) is 8.83. The number of hydrogen-bond donors (Lipinski definition) is 1. The molecule has 0 radical (unpaired) electrons. The molecule has 3 rings (SSSR count). The lowest BCUT2D eigenvalue weighted by Gasteiger charge is -2.34. The number of nitrogen functional groups attached to an aromatic ring is 1. The van der Waals surface area contributed by atoms with Gasteiger partial charge >= 0.3 is 0 Å². The molecule has 1 aliphatic heterocycles. The van der Waals surface area contributed by atoms with E-state index >= 15 is 0 Å². The van der Waals surface area contributed by atoms with Gasteiger partial charge in [0.1, 0.15) is 28.4 Å². The van der Waals surface area contributed by atoms with Gasteiger partial charge in [0.2, 0.25) is 0 Å². The highest BCUT2D eigenvalue weighted by atomic mass is 35.5. The van der Waals surface area contributed by atoms with E-state index in [4.69, 9.17) is 17.4 Å². The van der Waals surface area contributed by atoms with Gasteiger partial charge < -0.3 is 10.7 Å². The number of anilines is 1. The van der Waals surface area contributed by atoms with E-state index in [9.17, 15) is 13.2 Å². The molecule has 5 nitrogen and oxygen atoms in total. The Morgan fingerprint density at radius 3 is 2.37 bits per heavy atom. The van der Waals surface area contributed by atoms with Crippen molar-refractivity contribution in [3.63, 3.8) is 0 Å². The average Bonchev–Trinajstić information content (AvgIpc) is 2.59. The minimum absolute atomic E-state index is 0.0354. The summed E-state index contributed by atoms with van der Waals surface area (Å²) in [6.45, 7) is 6.86. The van der Waals surface area contributed by atoms with Crippen molar-refractivity contribution in [1.82, 2.24) is 9.66 Å². The van der Waals surface area contributed by atoms with E-state index in [0.717, 1.165) is 17.5 Å². The van der Waals surface area contributed by atoms with Crippen LogP contribution in [0, 0.1) is 23.4 Å². The Balaban J connectivity index is 2.32. The number of benzene rings is 1. The van der Waals surface area contributed by atoms with Crippen LogP contribution < -0.4 is 16.4 Å². The Hall–Kier alpha value is -2.48. The van der Waals surface area contributed by atoms with Crippen molar-refractivity contribution in [3.8, 4) is 11.1 Å². The van der Waals surface area contributed by atoms with Gasteiger partial charge in [-0.05, 0) is 18.8 Å². The summed E-state index contributed by atoms with van der Waals surface area (Å²) in [5.74, 6) is 3.76. The van der Waals surface area contributed by atoms with E-state index < -0.39 is 23.0 Å². The standard InChI is InChI=1S/C18H19ClF3N5/c1-3-24-18-25-16(19)15(14-12(21)8-11(20)9-13(14)22)17(27(18)23)26-6-4-10(2)5-7-26/h3,8-10H,1,4-7,23H2,2H3/b24-18-. The second-order valence-electron chi connectivity index (χ2n) is 6.50. The number of nitrogens with zero attached hydrogens (tertiary/aromatic N) is 4. The number of hydrogen-bond acceptors (Lipinski definition) is 4. The lowest BCUT2D eigenvalue weighted by Crippen LogP contribution is -2.41. The van der Waals surface area contributed by atoms with Crippen molar-refractivity contribution in [2.24, 2.45) is 10.9 Å². The van der Waals surface area contributed by atoms with E-state index in [1.54, 1.807) is 0 Å². The molecule has 1 aliphatic rings. The van der Waals surface area contributed by atoms with Crippen molar-refractivity contribution < 1.29 is 13.2 Å². The van der Waals surface area contributed by atoms with Crippen LogP contribution in [0.3, 0.4) is 0 Å². The van der Waals surface area contributed by atoms with Crippen LogP contribution in [0.1, 0.15) is 19.8 Å². The van der Waals surface area contributed by atoms with Crippen LogP contribution in [0.5, 0.6) is 0 Å². The van der Waals surface area contributed by atoms with Crippen LogP contribution in [-0.4, -0.2) is 22.7 Å². The number of halogens is 4. The molecule has 0 atom stereocenters. The second kappa shape index (κ2) is 7.64. The third-order valence-corrected chi connectivity index (χ3v) is 4.89. The van der Waals surface area contributed by atoms with E-state index in [1.807, 2.05) is 4.90 Å². The summed E-state index contributed by atoms with van der Waals surface area (Å²) in [5, 5.41) is -0.185. The minimum atomic E-state index is -1.09. The van der Waals surface area contributed by atoms with Gasteiger partial charge in [-0.2, -0.15) is 4.98 Å². The molecule has 0 saturated carbocycles. The highest BCUT2D eigenvalue weighted by Crippen LogP contribution is 2.38. The molecule has 1 fully saturated rings. The molecule has 0 unspecified atom stereocenters. The maximum absolute atomic E-state index is 14.5. The predicted molar refractivity (Wildman–Crippen MR) is 99.1 cm³/mol. The van der Waals surface area contributed by atoms with Gasteiger partial charge in [-0.1, -0.05) is 25.1 Å². The zero-order chi connectivity index (χ0) is 19.7. The molecule has 27 heavy (non-hydrogen) atoms. The Bertz CT molecular complexity index is 926. The van der Waals surface area contributed by atoms with Gasteiger partial charge in [0, 0.05) is 31.4 Å². The Morgan fingerprint density at radius 2 is 1.81 bits per heavy atom. The first-order chi connectivity index (χ1) is 12.8. The normalized spacial score (nSPS) is 16.0. The van der Waals surface area contributed by atoms with Crippen molar-refractivity contribution in [2.75, 3.05) is 23.8 Å². The van der Waals surface area contributed by atoms with E-state index in [1.165, 1.54) is 6.20 Å². The molecule has 0 aliphatic carbocycles. The van der Waals surface area contributed by atoms with Crippen LogP contribution in [0.25, 0.3) is 11.1 Å². The molecule has 2 heterocycles. The fraction of sp³-hybridized carbons (Fsp3) is 0.333. The van der Waals surface area contributed by atoms with Gasteiger partial charge in [0.15, 0.2) is 0 Å². The summed E-state index contributed by atoms with van der Waals surface area (Å²) in [6.07, 6.45) is 2.99.